The van der Waals surface area contributed by atoms with Gasteiger partial charge in [0.15, 0.2) is 0 Å². The minimum Gasteiger partial charge on any atom is -0.373 e. The van der Waals surface area contributed by atoms with Crippen molar-refractivity contribution in [2.24, 2.45) is 11.7 Å². The lowest BCUT2D eigenvalue weighted by Gasteiger charge is -2.30. The topological polar surface area (TPSA) is 35.2 Å². The summed E-state index contributed by atoms with van der Waals surface area (Å²) in [5.41, 5.74) is 6.59. The van der Waals surface area contributed by atoms with Crippen molar-refractivity contribution in [2.45, 2.75) is 38.4 Å². The first-order valence-electron chi connectivity index (χ1n) is 6.46. The number of ether oxygens (including phenoxy) is 1. The maximum Gasteiger partial charge on any atom is 0.124 e. The molecule has 1 aromatic rings. The lowest BCUT2D eigenvalue weighted by molar-refractivity contribution is -0.0182. The van der Waals surface area contributed by atoms with Crippen LogP contribution in [0.4, 0.5) is 4.39 Å². The highest BCUT2D eigenvalue weighted by molar-refractivity contribution is 6.31. The first kappa shape index (κ1) is 13.8. The van der Waals surface area contributed by atoms with E-state index in [1.165, 1.54) is 25.0 Å². The second kappa shape index (κ2) is 6.50. The molecule has 0 amide bonds. The molecule has 1 fully saturated rings. The molecule has 1 aliphatic carbocycles. The summed E-state index contributed by atoms with van der Waals surface area (Å²) < 4.78 is 18.8. The van der Waals surface area contributed by atoms with Crippen LogP contribution < -0.4 is 5.73 Å². The molecule has 0 saturated heterocycles. The maximum atomic E-state index is 12.9. The van der Waals surface area contributed by atoms with Crippen molar-refractivity contribution in [1.82, 2.24) is 0 Å². The van der Waals surface area contributed by atoms with Gasteiger partial charge in [-0.3, -0.25) is 0 Å². The minimum absolute atomic E-state index is 0.213. The van der Waals surface area contributed by atoms with E-state index in [1.807, 2.05) is 0 Å². The van der Waals surface area contributed by atoms with Crippen molar-refractivity contribution in [3.8, 4) is 0 Å². The van der Waals surface area contributed by atoms with Crippen LogP contribution in [0, 0.1) is 11.7 Å². The average molecular weight is 272 g/mol. The van der Waals surface area contributed by atoms with Crippen molar-refractivity contribution in [3.63, 3.8) is 0 Å². The van der Waals surface area contributed by atoms with Gasteiger partial charge in [-0.05, 0) is 43.0 Å². The third-order valence-corrected chi connectivity index (χ3v) is 3.96. The van der Waals surface area contributed by atoms with E-state index in [1.54, 1.807) is 6.07 Å². The minimum atomic E-state index is -0.318. The van der Waals surface area contributed by atoms with E-state index in [4.69, 9.17) is 22.1 Å². The number of rotatable bonds is 4. The normalized spacial score (nSPS) is 24.2. The summed E-state index contributed by atoms with van der Waals surface area (Å²) in [6.07, 6.45) is 4.83. The largest absolute Gasteiger partial charge is 0.373 e. The van der Waals surface area contributed by atoms with Gasteiger partial charge >= 0.3 is 0 Å². The Balaban J connectivity index is 1.93. The first-order chi connectivity index (χ1) is 8.70. The first-order valence-corrected chi connectivity index (χ1v) is 6.84. The van der Waals surface area contributed by atoms with E-state index in [0.29, 0.717) is 24.1 Å². The van der Waals surface area contributed by atoms with Crippen LogP contribution in [0.3, 0.4) is 0 Å². The van der Waals surface area contributed by atoms with E-state index in [0.717, 1.165) is 18.4 Å². The van der Waals surface area contributed by atoms with E-state index in [-0.39, 0.29) is 11.9 Å². The second-order valence-corrected chi connectivity index (χ2v) is 5.27. The van der Waals surface area contributed by atoms with Crippen LogP contribution in [-0.4, -0.2) is 12.6 Å². The van der Waals surface area contributed by atoms with Gasteiger partial charge in [0.05, 0.1) is 12.7 Å². The fraction of sp³-hybridized carbons (Fsp3) is 0.571. The van der Waals surface area contributed by atoms with Crippen LogP contribution >= 0.6 is 11.6 Å². The Labute approximate surface area is 112 Å². The number of nitrogens with two attached hydrogens (primary N) is 1. The van der Waals surface area contributed by atoms with Gasteiger partial charge in [-0.25, -0.2) is 4.39 Å². The van der Waals surface area contributed by atoms with Gasteiger partial charge in [-0.1, -0.05) is 30.5 Å². The second-order valence-electron chi connectivity index (χ2n) is 4.87. The van der Waals surface area contributed by atoms with Crippen LogP contribution in [0.15, 0.2) is 18.2 Å². The molecule has 2 atom stereocenters. The fourth-order valence-electron chi connectivity index (χ4n) is 2.50. The number of hydrogen-bond acceptors (Lipinski definition) is 2. The summed E-state index contributed by atoms with van der Waals surface area (Å²) in [6.45, 7) is 1.10. The molecule has 2 N–H and O–H groups in total. The zero-order valence-corrected chi connectivity index (χ0v) is 11.1. The van der Waals surface area contributed by atoms with E-state index >= 15 is 0 Å². The Morgan fingerprint density at radius 2 is 2.11 bits per heavy atom. The number of benzene rings is 1. The van der Waals surface area contributed by atoms with Crippen molar-refractivity contribution in [1.29, 1.82) is 0 Å². The molecule has 0 spiro atoms. The summed E-state index contributed by atoms with van der Waals surface area (Å²) in [4.78, 5) is 0. The van der Waals surface area contributed by atoms with Crippen molar-refractivity contribution in [2.75, 3.05) is 6.54 Å². The molecule has 4 heteroatoms. The highest BCUT2D eigenvalue weighted by Crippen LogP contribution is 2.28. The molecule has 0 aliphatic heterocycles. The molecule has 1 aliphatic rings. The average Bonchev–Trinajstić information content (AvgIpc) is 2.38. The number of halogens is 2. The summed E-state index contributed by atoms with van der Waals surface area (Å²) in [6, 6.07) is 4.41. The van der Waals surface area contributed by atoms with Gasteiger partial charge in [0, 0.05) is 5.02 Å². The number of hydrogen-bond donors (Lipinski definition) is 1. The third-order valence-electron chi connectivity index (χ3n) is 3.61. The zero-order chi connectivity index (χ0) is 13.0. The molecular formula is C14H19ClFNO. The molecular weight excluding hydrogens is 253 g/mol. The molecule has 2 nitrogen and oxygen atoms in total. The van der Waals surface area contributed by atoms with Crippen molar-refractivity contribution < 1.29 is 9.13 Å². The molecule has 100 valence electrons. The SMILES string of the molecule is NCC1CCCCC1OCc1ccc(F)cc1Cl. The van der Waals surface area contributed by atoms with Crippen LogP contribution in [0.2, 0.25) is 5.02 Å². The monoisotopic (exact) mass is 271 g/mol. The third kappa shape index (κ3) is 3.44. The quantitative estimate of drug-likeness (QED) is 0.909. The van der Waals surface area contributed by atoms with Gasteiger partial charge in [0.1, 0.15) is 5.82 Å². The van der Waals surface area contributed by atoms with Gasteiger partial charge in [0.2, 0.25) is 0 Å². The van der Waals surface area contributed by atoms with E-state index in [2.05, 4.69) is 0 Å². The lowest BCUT2D eigenvalue weighted by Crippen LogP contribution is -2.33. The van der Waals surface area contributed by atoms with Crippen LogP contribution in [-0.2, 0) is 11.3 Å². The Hall–Kier alpha value is -0.640. The fourth-order valence-corrected chi connectivity index (χ4v) is 2.72. The molecule has 1 aromatic carbocycles. The molecule has 2 unspecified atom stereocenters. The predicted molar refractivity (Wildman–Crippen MR) is 71.0 cm³/mol. The molecule has 2 rings (SSSR count). The van der Waals surface area contributed by atoms with Gasteiger partial charge in [0.25, 0.3) is 0 Å². The molecule has 1 saturated carbocycles. The summed E-state index contributed by atoms with van der Waals surface area (Å²) in [7, 11) is 0. The molecule has 0 bridgehead atoms. The Bertz CT molecular complexity index is 399. The lowest BCUT2D eigenvalue weighted by atomic mass is 9.86. The predicted octanol–water partition coefficient (Wildman–Crippen LogP) is 3.51. The summed E-state index contributed by atoms with van der Waals surface area (Å²) >= 11 is 5.97. The van der Waals surface area contributed by atoms with E-state index < -0.39 is 0 Å². The Morgan fingerprint density at radius 1 is 1.33 bits per heavy atom. The van der Waals surface area contributed by atoms with Gasteiger partial charge in [-0.15, -0.1) is 0 Å². The highest BCUT2D eigenvalue weighted by Gasteiger charge is 2.24. The molecule has 0 radical (unpaired) electrons. The molecule has 0 aromatic heterocycles. The summed E-state index contributed by atoms with van der Waals surface area (Å²) in [5.74, 6) is 0.124. The van der Waals surface area contributed by atoms with Crippen LogP contribution in [0.5, 0.6) is 0 Å². The highest BCUT2D eigenvalue weighted by atomic mass is 35.5. The van der Waals surface area contributed by atoms with Gasteiger partial charge in [-0.2, -0.15) is 0 Å². The van der Waals surface area contributed by atoms with Crippen LogP contribution in [0.25, 0.3) is 0 Å². The molecule has 18 heavy (non-hydrogen) atoms. The standard InChI is InChI=1S/C14H19ClFNO/c15-13-7-12(16)6-5-11(13)9-18-14-4-2-1-3-10(14)8-17/h5-7,10,14H,1-4,8-9,17H2. The van der Waals surface area contributed by atoms with Crippen molar-refractivity contribution in [3.05, 3.63) is 34.6 Å². The van der Waals surface area contributed by atoms with E-state index in [9.17, 15) is 4.39 Å². The zero-order valence-electron chi connectivity index (χ0n) is 10.4. The van der Waals surface area contributed by atoms with Crippen LogP contribution in [0.1, 0.15) is 31.2 Å². The Kier molecular flexibility index (Phi) is 4.98. The maximum absolute atomic E-state index is 12.9. The summed E-state index contributed by atoms with van der Waals surface area (Å²) in [5, 5.41) is 0.426. The van der Waals surface area contributed by atoms with Gasteiger partial charge < -0.3 is 10.5 Å². The molecule has 0 heterocycles. The smallest absolute Gasteiger partial charge is 0.124 e. The Morgan fingerprint density at radius 3 is 2.83 bits per heavy atom. The van der Waals surface area contributed by atoms with Crippen molar-refractivity contribution >= 4 is 11.6 Å².